The zero-order valence-electron chi connectivity index (χ0n) is 9.09. The molecule has 0 spiro atoms. The first-order valence-corrected chi connectivity index (χ1v) is 5.22. The molecule has 4 N–H and O–H groups in total. The number of hydrogen-bond acceptors (Lipinski definition) is 3. The third-order valence-corrected chi connectivity index (χ3v) is 2.65. The van der Waals surface area contributed by atoms with E-state index in [0.29, 0.717) is 24.5 Å². The first-order valence-electron chi connectivity index (χ1n) is 5.22. The molecule has 3 atom stereocenters. The topological polar surface area (TPSA) is 58.3 Å². The van der Waals surface area contributed by atoms with Crippen LogP contribution >= 0.6 is 0 Å². The van der Waals surface area contributed by atoms with Gasteiger partial charge in [0.1, 0.15) is 0 Å². The third-order valence-electron chi connectivity index (χ3n) is 2.65. The van der Waals surface area contributed by atoms with Crippen molar-refractivity contribution in [2.75, 3.05) is 13.2 Å². The number of rotatable bonds is 7. The lowest BCUT2D eigenvalue weighted by molar-refractivity contribution is 0.252. The number of aliphatic hydroxyl groups is 1. The summed E-state index contributed by atoms with van der Waals surface area (Å²) in [5, 5.41) is 12.2. The number of nitrogens with two attached hydrogens (primary N) is 1. The van der Waals surface area contributed by atoms with Crippen LogP contribution in [-0.4, -0.2) is 30.3 Å². The minimum Gasteiger partial charge on any atom is -0.396 e. The highest BCUT2D eigenvalue weighted by Gasteiger charge is 2.15. The predicted octanol–water partition coefficient (Wildman–Crippen LogP) is 0.720. The molecule has 0 aromatic rings. The van der Waals surface area contributed by atoms with Gasteiger partial charge in [-0.1, -0.05) is 20.3 Å². The summed E-state index contributed by atoms with van der Waals surface area (Å²) in [6.45, 7) is 7.37. The van der Waals surface area contributed by atoms with Crippen LogP contribution in [0.1, 0.15) is 33.6 Å². The molecule has 0 saturated heterocycles. The first kappa shape index (κ1) is 12.9. The predicted molar refractivity (Wildman–Crippen MR) is 56.6 cm³/mol. The molecule has 0 heterocycles. The van der Waals surface area contributed by atoms with E-state index in [2.05, 4.69) is 26.1 Å². The molecule has 0 bridgehead atoms. The lowest BCUT2D eigenvalue weighted by atomic mass is 9.98. The Morgan fingerprint density at radius 3 is 2.38 bits per heavy atom. The fraction of sp³-hybridized carbons (Fsp3) is 1.00. The first-order chi connectivity index (χ1) is 6.15. The number of aliphatic hydroxyl groups excluding tert-OH is 1. The van der Waals surface area contributed by atoms with Crippen LogP contribution in [0, 0.1) is 5.92 Å². The van der Waals surface area contributed by atoms with E-state index < -0.39 is 0 Å². The van der Waals surface area contributed by atoms with Crippen molar-refractivity contribution >= 4 is 0 Å². The fourth-order valence-electron chi connectivity index (χ4n) is 1.39. The Kier molecular flexibility index (Phi) is 7.23. The van der Waals surface area contributed by atoms with Crippen LogP contribution in [0.15, 0.2) is 0 Å². The van der Waals surface area contributed by atoms with Gasteiger partial charge in [-0.3, -0.25) is 0 Å². The quantitative estimate of drug-likeness (QED) is 0.552. The van der Waals surface area contributed by atoms with E-state index in [1.807, 2.05) is 0 Å². The minimum absolute atomic E-state index is 0.242. The van der Waals surface area contributed by atoms with Gasteiger partial charge in [0.05, 0.1) is 0 Å². The molecule has 0 amide bonds. The molecule has 80 valence electrons. The molecular weight excluding hydrogens is 164 g/mol. The van der Waals surface area contributed by atoms with E-state index in [0.717, 1.165) is 12.8 Å². The average molecular weight is 188 g/mol. The van der Waals surface area contributed by atoms with Gasteiger partial charge in [0.25, 0.3) is 0 Å². The summed E-state index contributed by atoms with van der Waals surface area (Å²) in [4.78, 5) is 0. The maximum atomic E-state index is 8.75. The Balaban J connectivity index is 3.82. The number of hydrogen-bond donors (Lipinski definition) is 3. The van der Waals surface area contributed by atoms with Crippen molar-refractivity contribution in [3.05, 3.63) is 0 Å². The van der Waals surface area contributed by atoms with Crippen molar-refractivity contribution in [3.8, 4) is 0 Å². The van der Waals surface area contributed by atoms with Crippen LogP contribution in [0.2, 0.25) is 0 Å². The highest BCUT2D eigenvalue weighted by atomic mass is 16.3. The molecule has 0 radical (unpaired) electrons. The van der Waals surface area contributed by atoms with Gasteiger partial charge in [-0.25, -0.2) is 0 Å². The van der Waals surface area contributed by atoms with Crippen molar-refractivity contribution in [1.82, 2.24) is 5.32 Å². The standard InChI is InChI=1S/C10H24N2O/c1-4-8(2)10(7-11)12-9(3)5-6-13/h8-10,12-13H,4-7,11H2,1-3H3. The molecule has 0 aromatic heterocycles. The molecule has 13 heavy (non-hydrogen) atoms. The van der Waals surface area contributed by atoms with Crippen molar-refractivity contribution in [2.45, 2.75) is 45.7 Å². The summed E-state index contributed by atoms with van der Waals surface area (Å²) in [5.74, 6) is 0.603. The van der Waals surface area contributed by atoms with Crippen LogP contribution in [0.3, 0.4) is 0 Å². The van der Waals surface area contributed by atoms with E-state index >= 15 is 0 Å². The SMILES string of the molecule is CCC(C)C(CN)NC(C)CCO. The van der Waals surface area contributed by atoms with Crippen molar-refractivity contribution in [3.63, 3.8) is 0 Å². The zero-order chi connectivity index (χ0) is 10.3. The van der Waals surface area contributed by atoms with Gasteiger partial charge in [0.2, 0.25) is 0 Å². The zero-order valence-corrected chi connectivity index (χ0v) is 9.09. The smallest absolute Gasteiger partial charge is 0.0445 e. The minimum atomic E-state index is 0.242. The molecule has 0 saturated carbocycles. The van der Waals surface area contributed by atoms with E-state index in [4.69, 9.17) is 10.8 Å². The van der Waals surface area contributed by atoms with Crippen LogP contribution in [-0.2, 0) is 0 Å². The highest BCUT2D eigenvalue weighted by molar-refractivity contribution is 4.76. The van der Waals surface area contributed by atoms with Crippen LogP contribution < -0.4 is 11.1 Å². The maximum absolute atomic E-state index is 8.75. The van der Waals surface area contributed by atoms with E-state index in [9.17, 15) is 0 Å². The molecular formula is C10H24N2O. The van der Waals surface area contributed by atoms with Crippen molar-refractivity contribution in [1.29, 1.82) is 0 Å². The molecule has 0 rings (SSSR count). The summed E-state index contributed by atoms with van der Waals surface area (Å²) in [7, 11) is 0. The normalized spacial score (nSPS) is 18.2. The van der Waals surface area contributed by atoms with Crippen LogP contribution in [0.4, 0.5) is 0 Å². The lowest BCUT2D eigenvalue weighted by Crippen LogP contribution is -2.45. The van der Waals surface area contributed by atoms with Crippen molar-refractivity contribution in [2.24, 2.45) is 11.7 Å². The highest BCUT2D eigenvalue weighted by Crippen LogP contribution is 2.07. The molecule has 3 heteroatoms. The van der Waals surface area contributed by atoms with Gasteiger partial charge in [-0.05, 0) is 19.3 Å². The van der Waals surface area contributed by atoms with Gasteiger partial charge in [0, 0.05) is 25.2 Å². The molecule has 3 nitrogen and oxygen atoms in total. The molecule has 0 aliphatic rings. The Labute approximate surface area is 81.7 Å². The monoisotopic (exact) mass is 188 g/mol. The molecule has 3 unspecified atom stereocenters. The summed E-state index contributed by atoms with van der Waals surface area (Å²) in [6.07, 6.45) is 1.94. The summed E-state index contributed by atoms with van der Waals surface area (Å²) in [5.41, 5.74) is 5.67. The second kappa shape index (κ2) is 7.30. The Hall–Kier alpha value is -0.120. The Bertz CT molecular complexity index is 119. The second-order valence-corrected chi connectivity index (χ2v) is 3.81. The second-order valence-electron chi connectivity index (χ2n) is 3.81. The van der Waals surface area contributed by atoms with Crippen molar-refractivity contribution < 1.29 is 5.11 Å². The van der Waals surface area contributed by atoms with Gasteiger partial charge in [-0.15, -0.1) is 0 Å². The van der Waals surface area contributed by atoms with Crippen LogP contribution in [0.5, 0.6) is 0 Å². The lowest BCUT2D eigenvalue weighted by Gasteiger charge is -2.26. The summed E-state index contributed by atoms with van der Waals surface area (Å²) in [6, 6.07) is 0.735. The fourth-order valence-corrected chi connectivity index (χ4v) is 1.39. The Morgan fingerprint density at radius 2 is 2.00 bits per heavy atom. The Morgan fingerprint density at radius 1 is 1.38 bits per heavy atom. The maximum Gasteiger partial charge on any atom is 0.0445 e. The van der Waals surface area contributed by atoms with E-state index in [1.54, 1.807) is 0 Å². The molecule has 0 aliphatic heterocycles. The van der Waals surface area contributed by atoms with Crippen LogP contribution in [0.25, 0.3) is 0 Å². The molecule has 0 aromatic carbocycles. The average Bonchev–Trinajstić information content (AvgIpc) is 2.13. The van der Waals surface area contributed by atoms with Gasteiger partial charge in [-0.2, -0.15) is 0 Å². The van der Waals surface area contributed by atoms with E-state index in [1.165, 1.54) is 0 Å². The van der Waals surface area contributed by atoms with Gasteiger partial charge < -0.3 is 16.2 Å². The third kappa shape index (κ3) is 5.24. The number of nitrogens with one attached hydrogen (secondary N) is 1. The molecule has 0 aliphatic carbocycles. The van der Waals surface area contributed by atoms with Gasteiger partial charge >= 0.3 is 0 Å². The van der Waals surface area contributed by atoms with Gasteiger partial charge in [0.15, 0.2) is 0 Å². The summed E-state index contributed by atoms with van der Waals surface area (Å²) >= 11 is 0. The molecule has 0 fully saturated rings. The largest absolute Gasteiger partial charge is 0.396 e. The van der Waals surface area contributed by atoms with E-state index in [-0.39, 0.29) is 6.61 Å². The summed E-state index contributed by atoms with van der Waals surface area (Å²) < 4.78 is 0.